The number of likely N-dealkylation sites (tertiary alicyclic amines) is 1. The van der Waals surface area contributed by atoms with Crippen LogP contribution in [0.5, 0.6) is 0 Å². The number of ether oxygens (including phenoxy) is 1. The van der Waals surface area contributed by atoms with Gasteiger partial charge in [0.25, 0.3) is 0 Å². The SMILES string of the molecule is CS(=O)(=O)N[C@H]1CCN(Cc2ccccc2)C[C@H]1COC1CCC(c2ccccc2)CC1. The van der Waals surface area contributed by atoms with E-state index in [1.165, 1.54) is 17.4 Å². The minimum Gasteiger partial charge on any atom is -0.378 e. The van der Waals surface area contributed by atoms with Crippen LogP contribution in [0.3, 0.4) is 0 Å². The van der Waals surface area contributed by atoms with E-state index >= 15 is 0 Å². The highest BCUT2D eigenvalue weighted by Crippen LogP contribution is 2.34. The van der Waals surface area contributed by atoms with Gasteiger partial charge in [0.2, 0.25) is 10.0 Å². The third-order valence-electron chi connectivity index (χ3n) is 6.92. The first-order valence-corrected chi connectivity index (χ1v) is 13.8. The Hall–Kier alpha value is -1.73. The van der Waals surface area contributed by atoms with E-state index in [4.69, 9.17) is 4.74 Å². The summed E-state index contributed by atoms with van der Waals surface area (Å²) in [5.41, 5.74) is 2.73. The summed E-state index contributed by atoms with van der Waals surface area (Å²) in [5, 5.41) is 0. The number of rotatable bonds is 8. The fourth-order valence-corrected chi connectivity index (χ4v) is 6.10. The number of hydrogen-bond donors (Lipinski definition) is 1. The van der Waals surface area contributed by atoms with E-state index in [2.05, 4.69) is 64.2 Å². The lowest BCUT2D eigenvalue weighted by Crippen LogP contribution is -2.52. The van der Waals surface area contributed by atoms with Gasteiger partial charge in [-0.1, -0.05) is 60.7 Å². The molecule has 2 aliphatic rings. The topological polar surface area (TPSA) is 58.6 Å². The maximum absolute atomic E-state index is 11.9. The molecule has 1 aliphatic heterocycles. The summed E-state index contributed by atoms with van der Waals surface area (Å²) in [6.45, 7) is 3.24. The number of hydrogen-bond acceptors (Lipinski definition) is 4. The Morgan fingerprint density at radius 3 is 2.25 bits per heavy atom. The number of nitrogens with zero attached hydrogens (tertiary/aromatic N) is 1. The van der Waals surface area contributed by atoms with Crippen LogP contribution in [0.4, 0.5) is 0 Å². The van der Waals surface area contributed by atoms with Gasteiger partial charge in [-0.3, -0.25) is 4.90 Å². The summed E-state index contributed by atoms with van der Waals surface area (Å²) in [6, 6.07) is 21.2. The van der Waals surface area contributed by atoms with Crippen molar-refractivity contribution in [3.63, 3.8) is 0 Å². The van der Waals surface area contributed by atoms with E-state index in [0.717, 1.165) is 51.7 Å². The zero-order chi connectivity index (χ0) is 22.4. The molecule has 2 aromatic carbocycles. The molecule has 1 heterocycles. The second kappa shape index (κ2) is 10.9. The zero-order valence-electron chi connectivity index (χ0n) is 19.0. The highest BCUT2D eigenvalue weighted by atomic mass is 32.2. The van der Waals surface area contributed by atoms with Crippen molar-refractivity contribution in [2.45, 2.75) is 56.7 Å². The number of benzene rings is 2. The van der Waals surface area contributed by atoms with Crippen molar-refractivity contribution in [1.82, 2.24) is 9.62 Å². The second-order valence-electron chi connectivity index (χ2n) is 9.48. The summed E-state index contributed by atoms with van der Waals surface area (Å²) in [4.78, 5) is 2.43. The second-order valence-corrected chi connectivity index (χ2v) is 11.3. The molecule has 0 amide bonds. The summed E-state index contributed by atoms with van der Waals surface area (Å²) in [6.07, 6.45) is 6.81. The van der Waals surface area contributed by atoms with Crippen LogP contribution in [0.15, 0.2) is 60.7 Å². The Labute approximate surface area is 193 Å². The minimum absolute atomic E-state index is 0.0577. The van der Waals surface area contributed by atoms with Crippen LogP contribution in [-0.4, -0.2) is 51.4 Å². The van der Waals surface area contributed by atoms with Crippen LogP contribution in [0.25, 0.3) is 0 Å². The molecule has 1 saturated heterocycles. The van der Waals surface area contributed by atoms with Crippen LogP contribution < -0.4 is 4.72 Å². The minimum atomic E-state index is -3.24. The molecule has 6 heteroatoms. The normalized spacial score (nSPS) is 27.3. The molecule has 0 radical (unpaired) electrons. The maximum atomic E-state index is 11.9. The molecule has 5 nitrogen and oxygen atoms in total. The molecule has 174 valence electrons. The maximum Gasteiger partial charge on any atom is 0.208 e. The van der Waals surface area contributed by atoms with Crippen molar-refractivity contribution in [3.8, 4) is 0 Å². The van der Waals surface area contributed by atoms with Gasteiger partial charge in [-0.15, -0.1) is 0 Å². The largest absolute Gasteiger partial charge is 0.378 e. The van der Waals surface area contributed by atoms with Crippen molar-refractivity contribution in [3.05, 3.63) is 71.8 Å². The predicted molar refractivity (Wildman–Crippen MR) is 129 cm³/mol. The lowest BCUT2D eigenvalue weighted by Gasteiger charge is -2.39. The van der Waals surface area contributed by atoms with Gasteiger partial charge in [-0.25, -0.2) is 13.1 Å². The monoisotopic (exact) mass is 456 g/mol. The lowest BCUT2D eigenvalue weighted by molar-refractivity contribution is -0.0179. The Kier molecular flexibility index (Phi) is 8.00. The van der Waals surface area contributed by atoms with Gasteiger partial charge in [-0.2, -0.15) is 0 Å². The van der Waals surface area contributed by atoms with Gasteiger partial charge in [-0.05, 0) is 49.1 Å². The third-order valence-corrected chi connectivity index (χ3v) is 7.65. The van der Waals surface area contributed by atoms with Crippen molar-refractivity contribution < 1.29 is 13.2 Å². The van der Waals surface area contributed by atoms with Gasteiger partial charge < -0.3 is 4.74 Å². The molecule has 1 N–H and O–H groups in total. The van der Waals surface area contributed by atoms with Crippen molar-refractivity contribution in [2.24, 2.45) is 5.92 Å². The summed E-state index contributed by atoms with van der Waals surface area (Å²) in [7, 11) is -3.24. The summed E-state index contributed by atoms with van der Waals surface area (Å²) >= 11 is 0. The fourth-order valence-electron chi connectivity index (χ4n) is 5.24. The Morgan fingerprint density at radius 1 is 0.938 bits per heavy atom. The Morgan fingerprint density at radius 2 is 1.59 bits per heavy atom. The van der Waals surface area contributed by atoms with Gasteiger partial charge >= 0.3 is 0 Å². The molecule has 0 aromatic heterocycles. The van der Waals surface area contributed by atoms with Gasteiger partial charge in [0.1, 0.15) is 0 Å². The molecule has 32 heavy (non-hydrogen) atoms. The van der Waals surface area contributed by atoms with Crippen LogP contribution in [-0.2, 0) is 21.3 Å². The smallest absolute Gasteiger partial charge is 0.208 e. The first-order valence-electron chi connectivity index (χ1n) is 11.9. The van der Waals surface area contributed by atoms with E-state index in [1.54, 1.807) is 0 Å². The molecule has 0 bridgehead atoms. The Balaban J connectivity index is 1.32. The molecule has 1 aliphatic carbocycles. The average Bonchev–Trinajstić information content (AvgIpc) is 2.80. The summed E-state index contributed by atoms with van der Waals surface area (Å²) in [5.74, 6) is 0.792. The van der Waals surface area contributed by atoms with Gasteiger partial charge in [0.15, 0.2) is 0 Å². The molecule has 2 atom stereocenters. The fraction of sp³-hybridized carbons (Fsp3) is 0.538. The highest BCUT2D eigenvalue weighted by molar-refractivity contribution is 7.88. The lowest BCUT2D eigenvalue weighted by atomic mass is 9.82. The third kappa shape index (κ3) is 6.88. The molecule has 4 rings (SSSR count). The molecule has 0 unspecified atom stereocenters. The van der Waals surface area contributed by atoms with Crippen LogP contribution >= 0.6 is 0 Å². The van der Waals surface area contributed by atoms with E-state index < -0.39 is 10.0 Å². The number of sulfonamides is 1. The quantitative estimate of drug-likeness (QED) is 0.648. The van der Waals surface area contributed by atoms with Crippen LogP contribution in [0.1, 0.15) is 49.1 Å². The number of nitrogens with one attached hydrogen (secondary N) is 1. The van der Waals surface area contributed by atoms with Crippen LogP contribution in [0.2, 0.25) is 0 Å². The van der Waals surface area contributed by atoms with Gasteiger partial charge in [0.05, 0.1) is 19.0 Å². The molecular weight excluding hydrogens is 420 g/mol. The first-order chi connectivity index (χ1) is 15.5. The summed E-state index contributed by atoms with van der Waals surface area (Å²) < 4.78 is 33.1. The zero-order valence-corrected chi connectivity index (χ0v) is 19.8. The van der Waals surface area contributed by atoms with E-state index in [1.807, 2.05) is 6.07 Å². The van der Waals surface area contributed by atoms with E-state index in [9.17, 15) is 8.42 Å². The predicted octanol–water partition coefficient (Wildman–Crippen LogP) is 4.17. The van der Waals surface area contributed by atoms with E-state index in [-0.39, 0.29) is 18.1 Å². The van der Waals surface area contributed by atoms with Crippen molar-refractivity contribution in [2.75, 3.05) is 26.0 Å². The van der Waals surface area contributed by atoms with Crippen LogP contribution in [0, 0.1) is 5.92 Å². The highest BCUT2D eigenvalue weighted by Gasteiger charge is 2.32. The molecule has 0 spiro atoms. The van der Waals surface area contributed by atoms with Gasteiger partial charge in [0, 0.05) is 31.6 Å². The van der Waals surface area contributed by atoms with Crippen molar-refractivity contribution >= 4 is 10.0 Å². The average molecular weight is 457 g/mol. The molecule has 2 aromatic rings. The number of piperidine rings is 1. The Bertz CT molecular complexity index is 928. The molecule has 2 fully saturated rings. The van der Waals surface area contributed by atoms with E-state index in [0.29, 0.717) is 12.5 Å². The van der Waals surface area contributed by atoms with Crippen molar-refractivity contribution in [1.29, 1.82) is 0 Å². The molecular formula is C26H36N2O3S. The first kappa shape index (κ1) is 23.4. The molecule has 1 saturated carbocycles. The standard InChI is InChI=1S/C26H36N2O3S/c1-32(29,30)27-26-16-17-28(18-21-8-4-2-5-9-21)19-24(26)20-31-25-14-12-23(13-15-25)22-10-6-3-7-11-22/h2-11,23-27H,12-20H2,1H3/t23?,24-,25?,26-/m0/s1.